The van der Waals surface area contributed by atoms with Crippen LogP contribution in [0, 0.1) is 6.92 Å². The maximum Gasteiger partial charge on any atom is 0.252 e. The lowest BCUT2D eigenvalue weighted by atomic mass is 10.0. The van der Waals surface area contributed by atoms with Gasteiger partial charge in [0.15, 0.2) is 5.16 Å². The first-order valence-corrected chi connectivity index (χ1v) is 12.3. The summed E-state index contributed by atoms with van der Waals surface area (Å²) in [5.41, 5.74) is 3.38. The number of nitrogens with one attached hydrogen (secondary N) is 2. The van der Waals surface area contributed by atoms with E-state index in [-0.39, 0.29) is 23.6 Å². The number of rotatable bonds is 8. The van der Waals surface area contributed by atoms with Crippen LogP contribution >= 0.6 is 23.1 Å². The van der Waals surface area contributed by atoms with Crippen LogP contribution in [0.4, 0.5) is 5.69 Å². The Kier molecular flexibility index (Phi) is 7.26. The van der Waals surface area contributed by atoms with E-state index in [2.05, 4.69) is 15.6 Å². The molecule has 4 rings (SSSR count). The number of hydrogen-bond donors (Lipinski definition) is 2. The molecule has 2 aromatic heterocycles. The van der Waals surface area contributed by atoms with Gasteiger partial charge in [0.25, 0.3) is 5.91 Å². The van der Waals surface area contributed by atoms with Crippen LogP contribution in [-0.4, -0.2) is 27.1 Å². The van der Waals surface area contributed by atoms with Crippen LogP contribution in [0.3, 0.4) is 0 Å². The van der Waals surface area contributed by atoms with Crippen molar-refractivity contribution in [1.82, 2.24) is 14.9 Å². The summed E-state index contributed by atoms with van der Waals surface area (Å²) in [6, 6.07) is 18.9. The molecule has 8 heteroatoms. The molecule has 168 valence electrons. The fraction of sp³-hybridized carbons (Fsp3) is 0.160. The van der Waals surface area contributed by atoms with E-state index >= 15 is 0 Å². The van der Waals surface area contributed by atoms with Gasteiger partial charge in [-0.1, -0.05) is 47.7 Å². The number of hydrogen-bond acceptors (Lipinski definition) is 5. The number of carbonyl (C=O) groups excluding carboxylic acids is 2. The molecule has 0 saturated carbocycles. The third-order valence-corrected chi connectivity index (χ3v) is 7.05. The Morgan fingerprint density at radius 1 is 1.09 bits per heavy atom. The number of thioether (sulfide) groups is 1. The number of aryl methyl sites for hydroxylation is 2. The first kappa shape index (κ1) is 22.8. The van der Waals surface area contributed by atoms with E-state index in [1.807, 2.05) is 66.5 Å². The highest BCUT2D eigenvalue weighted by Gasteiger charge is 2.19. The molecule has 0 saturated heterocycles. The second-order valence-electron chi connectivity index (χ2n) is 7.57. The number of benzene rings is 2. The molecule has 4 aromatic rings. The highest BCUT2D eigenvalue weighted by molar-refractivity contribution is 7.99. The summed E-state index contributed by atoms with van der Waals surface area (Å²) in [5, 5.41) is 8.79. The molecule has 2 amide bonds. The lowest BCUT2D eigenvalue weighted by Crippen LogP contribution is -2.28. The molecule has 1 atom stereocenters. The van der Waals surface area contributed by atoms with Crippen LogP contribution < -0.4 is 10.6 Å². The minimum atomic E-state index is -0.222. The average molecular weight is 477 g/mol. The van der Waals surface area contributed by atoms with Crippen molar-refractivity contribution >= 4 is 40.6 Å². The predicted molar refractivity (Wildman–Crippen MR) is 134 cm³/mol. The predicted octanol–water partition coefficient (Wildman–Crippen LogP) is 5.04. The maximum atomic E-state index is 13.0. The van der Waals surface area contributed by atoms with Crippen molar-refractivity contribution < 1.29 is 9.59 Å². The van der Waals surface area contributed by atoms with Crippen molar-refractivity contribution in [1.29, 1.82) is 0 Å². The number of amides is 2. The van der Waals surface area contributed by atoms with Crippen LogP contribution in [0.15, 0.2) is 83.6 Å². The minimum absolute atomic E-state index is 0.127. The van der Waals surface area contributed by atoms with Gasteiger partial charge in [-0.15, -0.1) is 11.3 Å². The number of anilines is 1. The van der Waals surface area contributed by atoms with Gasteiger partial charge in [0, 0.05) is 35.6 Å². The van der Waals surface area contributed by atoms with Gasteiger partial charge in [-0.2, -0.15) is 0 Å². The van der Waals surface area contributed by atoms with E-state index < -0.39 is 0 Å². The quantitative estimate of drug-likeness (QED) is 0.349. The SMILES string of the molecule is Cc1ccc(C(NC(=O)c2ccc(NC(=O)CSc3nccn3C)cc2)c2cccs2)cc1. The summed E-state index contributed by atoms with van der Waals surface area (Å²) in [4.78, 5) is 30.5. The van der Waals surface area contributed by atoms with Crippen molar-refractivity contribution in [2.45, 2.75) is 18.1 Å². The van der Waals surface area contributed by atoms with Gasteiger partial charge >= 0.3 is 0 Å². The monoisotopic (exact) mass is 476 g/mol. The molecule has 2 aromatic carbocycles. The molecule has 0 fully saturated rings. The van der Waals surface area contributed by atoms with Crippen LogP contribution in [0.1, 0.15) is 32.4 Å². The fourth-order valence-electron chi connectivity index (χ4n) is 3.27. The summed E-state index contributed by atoms with van der Waals surface area (Å²) >= 11 is 2.98. The van der Waals surface area contributed by atoms with Gasteiger partial charge in [0.05, 0.1) is 11.8 Å². The Morgan fingerprint density at radius 3 is 2.48 bits per heavy atom. The van der Waals surface area contributed by atoms with Gasteiger partial charge in [-0.05, 0) is 48.2 Å². The Morgan fingerprint density at radius 2 is 1.85 bits per heavy atom. The smallest absolute Gasteiger partial charge is 0.252 e. The van der Waals surface area contributed by atoms with Gasteiger partial charge in [-0.3, -0.25) is 9.59 Å². The van der Waals surface area contributed by atoms with Gasteiger partial charge in [0.1, 0.15) is 0 Å². The molecular formula is C25H24N4O2S2. The van der Waals surface area contributed by atoms with Crippen LogP contribution in [-0.2, 0) is 11.8 Å². The summed E-state index contributed by atoms with van der Waals surface area (Å²) < 4.78 is 1.87. The number of nitrogens with zero attached hydrogens (tertiary/aromatic N) is 2. The van der Waals surface area contributed by atoms with E-state index in [0.717, 1.165) is 15.6 Å². The minimum Gasteiger partial charge on any atom is -0.340 e. The Hall–Kier alpha value is -3.36. The Bertz CT molecular complexity index is 1220. The second-order valence-corrected chi connectivity index (χ2v) is 9.49. The molecule has 0 aliphatic carbocycles. The number of carbonyl (C=O) groups is 2. The molecule has 0 radical (unpaired) electrons. The first-order valence-electron chi connectivity index (χ1n) is 10.4. The number of thiophene rings is 1. The van der Waals surface area contributed by atoms with E-state index in [0.29, 0.717) is 11.3 Å². The van der Waals surface area contributed by atoms with Crippen LogP contribution in [0.5, 0.6) is 0 Å². The van der Waals surface area contributed by atoms with Crippen LogP contribution in [0.2, 0.25) is 0 Å². The molecule has 33 heavy (non-hydrogen) atoms. The zero-order valence-corrected chi connectivity index (χ0v) is 20.0. The molecule has 0 bridgehead atoms. The third-order valence-electron chi connectivity index (χ3n) is 5.05. The van der Waals surface area contributed by atoms with Crippen molar-refractivity contribution in [3.8, 4) is 0 Å². The molecule has 0 aliphatic heterocycles. The van der Waals surface area contributed by atoms with Crippen molar-refractivity contribution in [2.75, 3.05) is 11.1 Å². The van der Waals surface area contributed by atoms with Crippen molar-refractivity contribution in [3.05, 3.63) is 100 Å². The largest absolute Gasteiger partial charge is 0.340 e. The topological polar surface area (TPSA) is 76.0 Å². The zero-order valence-electron chi connectivity index (χ0n) is 18.3. The lowest BCUT2D eigenvalue weighted by Gasteiger charge is -2.18. The Labute approximate surface area is 201 Å². The summed E-state index contributed by atoms with van der Waals surface area (Å²) in [6.07, 6.45) is 3.54. The molecule has 0 aliphatic rings. The second kappa shape index (κ2) is 10.5. The highest BCUT2D eigenvalue weighted by Crippen LogP contribution is 2.27. The summed E-state index contributed by atoms with van der Waals surface area (Å²) in [6.45, 7) is 2.04. The third kappa shape index (κ3) is 5.91. The van der Waals surface area contributed by atoms with Gasteiger partial charge in [-0.25, -0.2) is 4.98 Å². The van der Waals surface area contributed by atoms with E-state index in [4.69, 9.17) is 0 Å². The maximum absolute atomic E-state index is 13.0. The number of imidazole rings is 1. The van der Waals surface area contributed by atoms with Crippen molar-refractivity contribution in [3.63, 3.8) is 0 Å². The Balaban J connectivity index is 1.39. The van der Waals surface area contributed by atoms with Crippen LogP contribution in [0.25, 0.3) is 0 Å². The van der Waals surface area contributed by atoms with E-state index in [1.54, 1.807) is 41.8 Å². The van der Waals surface area contributed by atoms with E-state index in [1.165, 1.54) is 17.3 Å². The normalized spacial score (nSPS) is 11.7. The summed E-state index contributed by atoms with van der Waals surface area (Å²) in [5.74, 6) is -0.0407. The zero-order chi connectivity index (χ0) is 23.2. The first-order chi connectivity index (χ1) is 16.0. The molecular weight excluding hydrogens is 452 g/mol. The number of aromatic nitrogens is 2. The summed E-state index contributed by atoms with van der Waals surface area (Å²) in [7, 11) is 1.89. The average Bonchev–Trinajstić information content (AvgIpc) is 3.49. The van der Waals surface area contributed by atoms with Crippen molar-refractivity contribution in [2.24, 2.45) is 7.05 Å². The molecule has 2 heterocycles. The molecule has 1 unspecified atom stereocenters. The molecule has 0 spiro atoms. The molecule has 6 nitrogen and oxygen atoms in total. The molecule has 2 N–H and O–H groups in total. The van der Waals surface area contributed by atoms with E-state index in [9.17, 15) is 9.59 Å². The fourth-order valence-corrected chi connectivity index (χ4v) is 4.81. The van der Waals surface area contributed by atoms with Gasteiger partial charge < -0.3 is 15.2 Å². The lowest BCUT2D eigenvalue weighted by molar-refractivity contribution is -0.113. The van der Waals surface area contributed by atoms with Gasteiger partial charge in [0.2, 0.25) is 5.91 Å². The highest BCUT2D eigenvalue weighted by atomic mass is 32.2. The standard InChI is InChI=1S/C25H24N4O2S2/c1-17-5-7-18(8-6-17)23(21-4-3-15-32-21)28-24(31)19-9-11-20(12-10-19)27-22(30)16-33-25-26-13-14-29(25)2/h3-15,23H,16H2,1-2H3,(H,27,30)(H,28,31).